The third kappa shape index (κ3) is 4.93. The average molecular weight is 647 g/mol. The molecule has 0 unspecified atom stereocenters. The van der Waals surface area contributed by atoms with Gasteiger partial charge in [-0.15, -0.1) is 11.3 Å². The van der Waals surface area contributed by atoms with Gasteiger partial charge in [0.1, 0.15) is 0 Å². The Kier molecular flexibility index (Phi) is 6.93. The first-order chi connectivity index (χ1) is 24.0. The van der Waals surface area contributed by atoms with E-state index in [1.165, 1.54) is 53.0 Å². The molecule has 0 spiro atoms. The molecule has 3 heteroatoms. The van der Waals surface area contributed by atoms with Gasteiger partial charge < -0.3 is 0 Å². The normalized spacial score (nSPS) is 16.2. The molecule has 234 valence electrons. The van der Waals surface area contributed by atoms with Crippen molar-refractivity contribution >= 4 is 58.8 Å². The van der Waals surface area contributed by atoms with Crippen molar-refractivity contribution < 1.29 is 0 Å². The fraction of sp³-hybridized carbons (Fsp3) is 0.0870. The van der Waals surface area contributed by atoms with Crippen molar-refractivity contribution in [3.05, 3.63) is 175 Å². The van der Waals surface area contributed by atoms with E-state index in [1.807, 2.05) is 23.7 Å². The number of thiophene rings is 1. The minimum absolute atomic E-state index is 0.270. The number of hydrogen-bond acceptors (Lipinski definition) is 3. The summed E-state index contributed by atoms with van der Waals surface area (Å²) in [6, 6.07) is 41.8. The quantitative estimate of drug-likeness (QED) is 0.179. The van der Waals surface area contributed by atoms with E-state index in [1.54, 1.807) is 0 Å². The van der Waals surface area contributed by atoms with Gasteiger partial charge in [0.05, 0.1) is 11.2 Å². The van der Waals surface area contributed by atoms with Crippen LogP contribution in [-0.2, 0) is 11.8 Å². The number of aromatic nitrogens is 2. The Balaban J connectivity index is 1.23. The zero-order valence-electron chi connectivity index (χ0n) is 27.6. The highest BCUT2D eigenvalue weighted by Gasteiger charge is 2.27. The summed E-state index contributed by atoms with van der Waals surface area (Å²) >= 11 is 1.88. The first-order valence-electron chi connectivity index (χ1n) is 16.8. The lowest BCUT2D eigenvalue weighted by molar-refractivity contribution is 0.636. The van der Waals surface area contributed by atoms with E-state index in [0.29, 0.717) is 0 Å². The molecule has 0 radical (unpaired) electrons. The van der Waals surface area contributed by atoms with Crippen molar-refractivity contribution in [3.63, 3.8) is 0 Å². The van der Waals surface area contributed by atoms with Crippen LogP contribution in [0.15, 0.2) is 158 Å². The largest absolute Gasteiger partial charge is 0.265 e. The second-order valence-corrected chi connectivity index (χ2v) is 14.5. The van der Waals surface area contributed by atoms with Gasteiger partial charge in [-0.05, 0) is 75.7 Å². The van der Waals surface area contributed by atoms with Crippen molar-refractivity contribution in [2.45, 2.75) is 25.7 Å². The van der Waals surface area contributed by atoms with Crippen LogP contribution in [0.3, 0.4) is 0 Å². The summed E-state index contributed by atoms with van der Waals surface area (Å²) in [6.07, 6.45) is 11.3. The highest BCUT2D eigenvalue weighted by Crippen LogP contribution is 2.44. The number of allylic oxidation sites excluding steroid dienone is 5. The second kappa shape index (κ2) is 11.5. The van der Waals surface area contributed by atoms with Crippen molar-refractivity contribution in [3.8, 4) is 22.4 Å². The molecule has 0 saturated heterocycles. The highest BCUT2D eigenvalue weighted by molar-refractivity contribution is 7.26. The molecule has 8 aromatic rings. The number of fused-ring (bicyclic) bond motifs is 8. The molecule has 0 amide bonds. The lowest BCUT2D eigenvalue weighted by Gasteiger charge is -2.29. The third-order valence-corrected chi connectivity index (χ3v) is 11.5. The summed E-state index contributed by atoms with van der Waals surface area (Å²) in [6.45, 7) is 9.19. The zero-order valence-corrected chi connectivity index (χ0v) is 28.4. The summed E-state index contributed by atoms with van der Waals surface area (Å²) in [5.74, 6) is 0. The molecule has 49 heavy (non-hydrogen) atoms. The second-order valence-electron chi connectivity index (χ2n) is 13.5. The number of pyridine rings is 2. The summed E-state index contributed by atoms with van der Waals surface area (Å²) in [4.78, 5) is 9.61. The third-order valence-electron chi connectivity index (χ3n) is 10.2. The summed E-state index contributed by atoms with van der Waals surface area (Å²) < 4.78 is 2.63. The van der Waals surface area contributed by atoms with Gasteiger partial charge in [-0.1, -0.05) is 124 Å². The topological polar surface area (TPSA) is 25.8 Å². The molecule has 9 rings (SSSR count). The van der Waals surface area contributed by atoms with E-state index < -0.39 is 0 Å². The van der Waals surface area contributed by atoms with Gasteiger partial charge in [0.25, 0.3) is 0 Å². The molecule has 1 aliphatic rings. The zero-order chi connectivity index (χ0) is 33.1. The molecule has 3 aromatic heterocycles. The molecule has 3 heterocycles. The Morgan fingerprint density at radius 1 is 0.673 bits per heavy atom. The lowest BCUT2D eigenvalue weighted by Crippen LogP contribution is -2.21. The maximum atomic E-state index is 5.39. The van der Waals surface area contributed by atoms with Gasteiger partial charge in [0.15, 0.2) is 0 Å². The Morgan fingerprint density at radius 2 is 1.41 bits per heavy atom. The molecule has 0 saturated carbocycles. The van der Waals surface area contributed by atoms with Crippen LogP contribution in [-0.4, -0.2) is 9.97 Å². The summed E-state index contributed by atoms with van der Waals surface area (Å²) in [5.41, 5.74) is 11.2. The fourth-order valence-electron chi connectivity index (χ4n) is 7.41. The standard InChI is InChI=1S/C46H34N2S/c1-29-26-33(30-22-24-47-25-23-30)13-9-12-31-16-17-34(27-40(31)46(29,2)3)35-18-19-38-41(28-35)48-44(32-10-5-4-6-11-32)39-21-20-37-36-14-7-8-15-42(36)49-45(37)43(38)39/h4-11,13-28H,1,12H2,2-3H3/b13-9-,33-26+. The van der Waals surface area contributed by atoms with E-state index in [4.69, 9.17) is 4.98 Å². The first-order valence-corrected chi connectivity index (χ1v) is 17.6. The summed E-state index contributed by atoms with van der Waals surface area (Å²) in [5, 5.41) is 6.27. The molecule has 5 aromatic carbocycles. The van der Waals surface area contributed by atoms with Crippen LogP contribution in [0.25, 0.3) is 69.8 Å². The summed E-state index contributed by atoms with van der Waals surface area (Å²) in [7, 11) is 0. The van der Waals surface area contributed by atoms with Gasteiger partial charge in [-0.3, -0.25) is 4.98 Å². The molecular weight excluding hydrogens is 613 g/mol. The first kappa shape index (κ1) is 29.5. The lowest BCUT2D eigenvalue weighted by atomic mass is 9.74. The van der Waals surface area contributed by atoms with Crippen LogP contribution in [0.2, 0.25) is 0 Å². The molecule has 2 nitrogen and oxygen atoms in total. The van der Waals surface area contributed by atoms with Crippen LogP contribution in [0.4, 0.5) is 0 Å². The average Bonchev–Trinajstić information content (AvgIpc) is 3.54. The maximum Gasteiger partial charge on any atom is 0.0788 e. The van der Waals surface area contributed by atoms with Crippen LogP contribution >= 0.6 is 11.3 Å². The van der Waals surface area contributed by atoms with Crippen LogP contribution in [0.5, 0.6) is 0 Å². The van der Waals surface area contributed by atoms with E-state index in [2.05, 4.69) is 159 Å². The minimum atomic E-state index is -0.270. The van der Waals surface area contributed by atoms with E-state index >= 15 is 0 Å². The van der Waals surface area contributed by atoms with Gasteiger partial charge >= 0.3 is 0 Å². The fourth-order valence-corrected chi connectivity index (χ4v) is 8.67. The smallest absolute Gasteiger partial charge is 0.0788 e. The number of hydrogen-bond donors (Lipinski definition) is 0. The Labute approximate surface area is 290 Å². The van der Waals surface area contributed by atoms with E-state index in [0.717, 1.165) is 45.5 Å². The molecular formula is C46H34N2S. The van der Waals surface area contributed by atoms with Crippen LogP contribution in [0.1, 0.15) is 30.5 Å². The Bertz CT molecular complexity index is 2660. The van der Waals surface area contributed by atoms with Gasteiger partial charge in [-0.25, -0.2) is 4.98 Å². The molecule has 0 bridgehead atoms. The number of benzene rings is 5. The molecule has 0 fully saturated rings. The van der Waals surface area contributed by atoms with Gasteiger partial charge in [0, 0.05) is 59.7 Å². The van der Waals surface area contributed by atoms with E-state index in [-0.39, 0.29) is 5.41 Å². The monoisotopic (exact) mass is 646 g/mol. The van der Waals surface area contributed by atoms with Crippen molar-refractivity contribution in [2.24, 2.45) is 0 Å². The SMILES string of the molecule is C=C1/C=C(c2ccncc2)\C=C/Cc2ccc(-c3ccc4c(c3)nc(-c3ccccc3)c3ccc5c6ccccc6sc5c34)cc2C1(C)C. The highest BCUT2D eigenvalue weighted by atomic mass is 32.1. The molecule has 0 N–H and O–H groups in total. The molecule has 0 atom stereocenters. The van der Waals surface area contributed by atoms with Crippen LogP contribution in [0, 0.1) is 0 Å². The van der Waals surface area contributed by atoms with Crippen molar-refractivity contribution in [1.29, 1.82) is 0 Å². The van der Waals surface area contributed by atoms with E-state index in [9.17, 15) is 0 Å². The van der Waals surface area contributed by atoms with Crippen LogP contribution < -0.4 is 0 Å². The van der Waals surface area contributed by atoms with Crippen molar-refractivity contribution in [2.75, 3.05) is 0 Å². The minimum Gasteiger partial charge on any atom is -0.265 e. The molecule has 1 aliphatic carbocycles. The van der Waals surface area contributed by atoms with Gasteiger partial charge in [-0.2, -0.15) is 0 Å². The molecule has 0 aliphatic heterocycles. The predicted molar refractivity (Wildman–Crippen MR) is 210 cm³/mol. The maximum absolute atomic E-state index is 5.39. The predicted octanol–water partition coefficient (Wildman–Crippen LogP) is 12.5. The van der Waals surface area contributed by atoms with Gasteiger partial charge in [0.2, 0.25) is 0 Å². The Morgan fingerprint density at radius 3 is 2.27 bits per heavy atom. The van der Waals surface area contributed by atoms with Crippen molar-refractivity contribution in [1.82, 2.24) is 9.97 Å². The number of rotatable bonds is 3. The number of nitrogens with zero attached hydrogens (tertiary/aromatic N) is 2. The Hall–Kier alpha value is -5.64.